The van der Waals surface area contributed by atoms with Crippen molar-refractivity contribution in [1.29, 1.82) is 0 Å². The predicted molar refractivity (Wildman–Crippen MR) is 65.6 cm³/mol. The van der Waals surface area contributed by atoms with Crippen molar-refractivity contribution in [2.24, 2.45) is 5.73 Å². The summed E-state index contributed by atoms with van der Waals surface area (Å²) in [4.78, 5) is 15.0. The van der Waals surface area contributed by atoms with Gasteiger partial charge in [0.05, 0.1) is 11.9 Å². The third-order valence-corrected chi connectivity index (χ3v) is 2.40. The van der Waals surface area contributed by atoms with Crippen LogP contribution in [0.1, 0.15) is 13.3 Å². The van der Waals surface area contributed by atoms with E-state index in [1.807, 2.05) is 37.3 Å². The SMILES string of the molecule is CC(CC(N)=O)Oc1ccc2ncccc2c1. The van der Waals surface area contributed by atoms with Gasteiger partial charge in [0.1, 0.15) is 11.9 Å². The number of carbonyl (C=O) groups is 1. The molecular formula is C13H14N2O2. The van der Waals surface area contributed by atoms with Crippen LogP contribution < -0.4 is 10.5 Å². The Morgan fingerprint density at radius 2 is 2.29 bits per heavy atom. The lowest BCUT2D eigenvalue weighted by Gasteiger charge is -2.13. The van der Waals surface area contributed by atoms with E-state index in [2.05, 4.69) is 4.98 Å². The Labute approximate surface area is 99.4 Å². The lowest BCUT2D eigenvalue weighted by molar-refractivity contribution is -0.119. The molecule has 0 aliphatic carbocycles. The molecule has 4 nitrogen and oxygen atoms in total. The van der Waals surface area contributed by atoms with Gasteiger partial charge in [-0.2, -0.15) is 0 Å². The summed E-state index contributed by atoms with van der Waals surface area (Å²) in [7, 11) is 0. The Morgan fingerprint density at radius 1 is 1.47 bits per heavy atom. The molecule has 2 N–H and O–H groups in total. The Bertz CT molecular complexity index is 540. The molecule has 0 bridgehead atoms. The van der Waals surface area contributed by atoms with Crippen LogP contribution in [0.3, 0.4) is 0 Å². The molecule has 0 spiro atoms. The van der Waals surface area contributed by atoms with Gasteiger partial charge in [0.25, 0.3) is 0 Å². The third-order valence-electron chi connectivity index (χ3n) is 2.40. The van der Waals surface area contributed by atoms with Gasteiger partial charge in [0.2, 0.25) is 5.91 Å². The monoisotopic (exact) mass is 230 g/mol. The first-order valence-corrected chi connectivity index (χ1v) is 5.45. The quantitative estimate of drug-likeness (QED) is 0.872. The molecule has 1 atom stereocenters. The van der Waals surface area contributed by atoms with Crippen LogP contribution in [0.5, 0.6) is 5.75 Å². The number of aromatic nitrogens is 1. The number of pyridine rings is 1. The van der Waals surface area contributed by atoms with E-state index in [4.69, 9.17) is 10.5 Å². The second-order valence-corrected chi connectivity index (χ2v) is 3.96. The second-order valence-electron chi connectivity index (χ2n) is 3.96. The molecule has 1 aromatic heterocycles. The molecule has 88 valence electrons. The summed E-state index contributed by atoms with van der Waals surface area (Å²) < 4.78 is 5.60. The minimum atomic E-state index is -0.361. The predicted octanol–water partition coefficient (Wildman–Crippen LogP) is 1.88. The smallest absolute Gasteiger partial charge is 0.221 e. The van der Waals surface area contributed by atoms with E-state index < -0.39 is 0 Å². The fourth-order valence-electron chi connectivity index (χ4n) is 1.68. The molecule has 0 aliphatic rings. The van der Waals surface area contributed by atoms with E-state index >= 15 is 0 Å². The highest BCUT2D eigenvalue weighted by atomic mass is 16.5. The lowest BCUT2D eigenvalue weighted by Crippen LogP contribution is -2.22. The molecule has 1 unspecified atom stereocenters. The Kier molecular flexibility index (Phi) is 3.23. The van der Waals surface area contributed by atoms with Gasteiger partial charge in [-0.1, -0.05) is 6.07 Å². The Balaban J connectivity index is 2.16. The summed E-state index contributed by atoms with van der Waals surface area (Å²) in [5, 5.41) is 1.01. The molecule has 17 heavy (non-hydrogen) atoms. The summed E-state index contributed by atoms with van der Waals surface area (Å²) >= 11 is 0. The van der Waals surface area contributed by atoms with Crippen molar-refractivity contribution in [2.75, 3.05) is 0 Å². The first-order chi connectivity index (χ1) is 8.15. The highest BCUT2D eigenvalue weighted by Gasteiger charge is 2.07. The maximum absolute atomic E-state index is 10.7. The van der Waals surface area contributed by atoms with Gasteiger partial charge in [0.15, 0.2) is 0 Å². The molecule has 0 fully saturated rings. The second kappa shape index (κ2) is 4.82. The molecule has 1 heterocycles. The number of nitrogens with zero attached hydrogens (tertiary/aromatic N) is 1. The largest absolute Gasteiger partial charge is 0.490 e. The van der Waals surface area contributed by atoms with Crippen molar-refractivity contribution in [1.82, 2.24) is 4.98 Å². The fourth-order valence-corrected chi connectivity index (χ4v) is 1.68. The first kappa shape index (κ1) is 11.4. The van der Waals surface area contributed by atoms with Crippen LogP contribution in [0, 0.1) is 0 Å². The molecule has 0 saturated heterocycles. The summed E-state index contributed by atoms with van der Waals surface area (Å²) in [6, 6.07) is 9.47. The maximum atomic E-state index is 10.7. The van der Waals surface area contributed by atoms with Crippen molar-refractivity contribution < 1.29 is 9.53 Å². The van der Waals surface area contributed by atoms with Crippen LogP contribution >= 0.6 is 0 Å². The number of hydrogen-bond acceptors (Lipinski definition) is 3. The number of benzene rings is 1. The van der Waals surface area contributed by atoms with Crippen LogP contribution in [0.15, 0.2) is 36.5 Å². The van der Waals surface area contributed by atoms with E-state index in [0.29, 0.717) is 0 Å². The van der Waals surface area contributed by atoms with Crippen LogP contribution in [-0.4, -0.2) is 17.0 Å². The van der Waals surface area contributed by atoms with Crippen molar-refractivity contribution in [3.63, 3.8) is 0 Å². The Hall–Kier alpha value is -2.10. The van der Waals surface area contributed by atoms with Gasteiger partial charge in [-0.05, 0) is 31.2 Å². The van der Waals surface area contributed by atoms with Gasteiger partial charge >= 0.3 is 0 Å². The number of nitrogens with two attached hydrogens (primary N) is 1. The zero-order valence-corrected chi connectivity index (χ0v) is 9.59. The molecule has 4 heteroatoms. The van der Waals surface area contributed by atoms with Crippen molar-refractivity contribution in [2.45, 2.75) is 19.4 Å². The number of ether oxygens (including phenoxy) is 1. The van der Waals surface area contributed by atoms with E-state index in [0.717, 1.165) is 16.7 Å². The molecule has 0 aliphatic heterocycles. The van der Waals surface area contributed by atoms with Crippen LogP contribution in [0.25, 0.3) is 10.9 Å². The molecule has 2 rings (SSSR count). The highest BCUT2D eigenvalue weighted by molar-refractivity contribution is 5.79. The lowest BCUT2D eigenvalue weighted by atomic mass is 10.2. The standard InChI is InChI=1S/C13H14N2O2/c1-9(7-13(14)16)17-11-4-5-12-10(8-11)3-2-6-15-12/h2-6,8-9H,7H2,1H3,(H2,14,16). The average Bonchev–Trinajstić information content (AvgIpc) is 2.27. The summed E-state index contributed by atoms with van der Waals surface area (Å²) in [6.45, 7) is 1.82. The van der Waals surface area contributed by atoms with Crippen LogP contribution in [-0.2, 0) is 4.79 Å². The number of fused-ring (bicyclic) bond motifs is 1. The number of carbonyl (C=O) groups excluding carboxylic acids is 1. The minimum Gasteiger partial charge on any atom is -0.490 e. The maximum Gasteiger partial charge on any atom is 0.221 e. The van der Waals surface area contributed by atoms with Crippen molar-refractivity contribution >= 4 is 16.8 Å². The Morgan fingerprint density at radius 3 is 3.06 bits per heavy atom. The van der Waals surface area contributed by atoms with Gasteiger partial charge in [-0.25, -0.2) is 0 Å². The highest BCUT2D eigenvalue weighted by Crippen LogP contribution is 2.20. The van der Waals surface area contributed by atoms with E-state index in [1.165, 1.54) is 0 Å². The first-order valence-electron chi connectivity index (χ1n) is 5.45. The number of primary amides is 1. The molecule has 0 radical (unpaired) electrons. The van der Waals surface area contributed by atoms with E-state index in [9.17, 15) is 4.79 Å². The number of rotatable bonds is 4. The van der Waals surface area contributed by atoms with Gasteiger partial charge in [-0.3, -0.25) is 9.78 Å². The fraction of sp³-hybridized carbons (Fsp3) is 0.231. The van der Waals surface area contributed by atoms with Gasteiger partial charge < -0.3 is 10.5 Å². The molecule has 2 aromatic rings. The average molecular weight is 230 g/mol. The zero-order chi connectivity index (χ0) is 12.3. The molecule has 1 aromatic carbocycles. The van der Waals surface area contributed by atoms with Crippen LogP contribution in [0.2, 0.25) is 0 Å². The molecule has 0 saturated carbocycles. The summed E-state index contributed by atoms with van der Waals surface area (Å²) in [5.74, 6) is 0.360. The number of hydrogen-bond donors (Lipinski definition) is 1. The normalized spacial score (nSPS) is 12.3. The van der Waals surface area contributed by atoms with Crippen LogP contribution in [0.4, 0.5) is 0 Å². The minimum absolute atomic E-state index is 0.213. The third kappa shape index (κ3) is 2.93. The van der Waals surface area contributed by atoms with Crippen molar-refractivity contribution in [3.05, 3.63) is 36.5 Å². The molecular weight excluding hydrogens is 216 g/mol. The van der Waals surface area contributed by atoms with Gasteiger partial charge in [0, 0.05) is 11.6 Å². The van der Waals surface area contributed by atoms with E-state index in [1.54, 1.807) is 6.20 Å². The topological polar surface area (TPSA) is 65.2 Å². The molecule has 1 amide bonds. The van der Waals surface area contributed by atoms with Crippen molar-refractivity contribution in [3.8, 4) is 5.75 Å². The summed E-state index contributed by atoms with van der Waals surface area (Å²) in [5.41, 5.74) is 6.03. The zero-order valence-electron chi connectivity index (χ0n) is 9.59. The van der Waals surface area contributed by atoms with E-state index in [-0.39, 0.29) is 18.4 Å². The number of amides is 1. The summed E-state index contributed by atoms with van der Waals surface area (Å²) in [6.07, 6.45) is 1.74. The van der Waals surface area contributed by atoms with Gasteiger partial charge in [-0.15, -0.1) is 0 Å².